The first kappa shape index (κ1) is 15.5. The van der Waals surface area contributed by atoms with E-state index < -0.39 is 5.41 Å². The minimum absolute atomic E-state index is 0.174. The molecule has 23 heavy (non-hydrogen) atoms. The summed E-state index contributed by atoms with van der Waals surface area (Å²) in [6, 6.07) is 9.96. The summed E-state index contributed by atoms with van der Waals surface area (Å²) in [6.45, 7) is 0. The van der Waals surface area contributed by atoms with E-state index in [-0.39, 0.29) is 11.7 Å². The number of ether oxygens (including phenoxy) is 1. The van der Waals surface area contributed by atoms with Crippen molar-refractivity contribution in [2.24, 2.45) is 0 Å². The standard InChI is InChI=1S/C18H19FN2O2/c1-23-16-9-8-13(12-20-16)21-17(22)18(10-4-5-11-18)14-6-2-3-7-15(14)19/h2-3,6-9,12H,4-5,10-11H2,1H3,(H,21,22). The Morgan fingerprint density at radius 3 is 2.57 bits per heavy atom. The van der Waals surface area contributed by atoms with E-state index in [1.54, 1.807) is 36.5 Å². The molecule has 4 nitrogen and oxygen atoms in total. The predicted molar refractivity (Wildman–Crippen MR) is 86.0 cm³/mol. The largest absolute Gasteiger partial charge is 0.481 e. The quantitative estimate of drug-likeness (QED) is 0.936. The van der Waals surface area contributed by atoms with Crippen molar-refractivity contribution in [2.45, 2.75) is 31.1 Å². The van der Waals surface area contributed by atoms with Gasteiger partial charge in [0.15, 0.2) is 0 Å². The number of hydrogen-bond donors (Lipinski definition) is 1. The lowest BCUT2D eigenvalue weighted by atomic mass is 9.77. The molecule has 2 aromatic rings. The normalized spacial score (nSPS) is 16.1. The van der Waals surface area contributed by atoms with E-state index in [0.717, 1.165) is 12.8 Å². The van der Waals surface area contributed by atoms with Crippen molar-refractivity contribution in [1.29, 1.82) is 0 Å². The summed E-state index contributed by atoms with van der Waals surface area (Å²) < 4.78 is 19.3. The number of pyridine rings is 1. The van der Waals surface area contributed by atoms with Gasteiger partial charge in [0.1, 0.15) is 5.82 Å². The number of carbonyl (C=O) groups is 1. The molecule has 1 aliphatic carbocycles. The lowest BCUT2D eigenvalue weighted by molar-refractivity contribution is -0.121. The molecule has 0 radical (unpaired) electrons. The molecule has 0 saturated heterocycles. The summed E-state index contributed by atoms with van der Waals surface area (Å²) in [4.78, 5) is 17.0. The van der Waals surface area contributed by atoms with Crippen LogP contribution in [-0.2, 0) is 10.2 Å². The zero-order valence-electron chi connectivity index (χ0n) is 13.0. The van der Waals surface area contributed by atoms with Crippen LogP contribution in [0.15, 0.2) is 42.6 Å². The Balaban J connectivity index is 1.89. The second-order valence-electron chi connectivity index (χ2n) is 5.81. The third-order valence-corrected chi connectivity index (χ3v) is 4.48. The Labute approximate surface area is 134 Å². The second-order valence-corrected chi connectivity index (χ2v) is 5.81. The number of anilines is 1. The third kappa shape index (κ3) is 2.91. The van der Waals surface area contributed by atoms with Crippen LogP contribution in [0.1, 0.15) is 31.2 Å². The SMILES string of the molecule is COc1ccc(NC(=O)C2(c3ccccc3F)CCCC2)cn1. The number of carbonyl (C=O) groups excluding carboxylic acids is 1. The van der Waals surface area contributed by atoms with Crippen LogP contribution < -0.4 is 10.1 Å². The lowest BCUT2D eigenvalue weighted by Crippen LogP contribution is -2.38. The Bertz CT molecular complexity index is 694. The first-order chi connectivity index (χ1) is 11.2. The number of aromatic nitrogens is 1. The Kier molecular flexibility index (Phi) is 4.28. The topological polar surface area (TPSA) is 51.2 Å². The summed E-state index contributed by atoms with van der Waals surface area (Å²) in [5.41, 5.74) is 0.264. The Morgan fingerprint density at radius 1 is 1.22 bits per heavy atom. The van der Waals surface area contributed by atoms with E-state index in [4.69, 9.17) is 4.74 Å². The van der Waals surface area contributed by atoms with Crippen molar-refractivity contribution in [1.82, 2.24) is 4.98 Å². The van der Waals surface area contributed by atoms with Crippen molar-refractivity contribution in [3.63, 3.8) is 0 Å². The van der Waals surface area contributed by atoms with E-state index in [2.05, 4.69) is 10.3 Å². The van der Waals surface area contributed by atoms with Crippen LogP contribution in [0.5, 0.6) is 5.88 Å². The van der Waals surface area contributed by atoms with E-state index in [1.807, 2.05) is 0 Å². The maximum absolute atomic E-state index is 14.3. The van der Waals surface area contributed by atoms with Gasteiger partial charge in [-0.3, -0.25) is 4.79 Å². The summed E-state index contributed by atoms with van der Waals surface area (Å²) in [7, 11) is 1.53. The highest BCUT2D eigenvalue weighted by atomic mass is 19.1. The number of nitrogens with one attached hydrogen (secondary N) is 1. The highest BCUT2D eigenvalue weighted by Gasteiger charge is 2.44. The van der Waals surface area contributed by atoms with Crippen LogP contribution in [0.4, 0.5) is 10.1 Å². The van der Waals surface area contributed by atoms with Crippen LogP contribution in [0.3, 0.4) is 0 Å². The molecule has 1 amide bonds. The summed E-state index contributed by atoms with van der Waals surface area (Å²) >= 11 is 0. The number of methoxy groups -OCH3 is 1. The fourth-order valence-corrected chi connectivity index (χ4v) is 3.27. The fraction of sp³-hybridized carbons (Fsp3) is 0.333. The number of nitrogens with zero attached hydrogens (tertiary/aromatic N) is 1. The highest BCUT2D eigenvalue weighted by molar-refractivity contribution is 5.99. The summed E-state index contributed by atoms with van der Waals surface area (Å²) in [5, 5.41) is 2.88. The molecule has 1 aliphatic rings. The monoisotopic (exact) mass is 314 g/mol. The van der Waals surface area contributed by atoms with Gasteiger partial charge in [-0.25, -0.2) is 9.37 Å². The first-order valence-corrected chi connectivity index (χ1v) is 7.72. The van der Waals surface area contributed by atoms with Gasteiger partial charge in [0.05, 0.1) is 24.4 Å². The van der Waals surface area contributed by atoms with Crippen LogP contribution >= 0.6 is 0 Å². The molecule has 0 aliphatic heterocycles. The molecule has 0 unspecified atom stereocenters. The van der Waals surface area contributed by atoms with Gasteiger partial charge in [0.2, 0.25) is 11.8 Å². The number of rotatable bonds is 4. The van der Waals surface area contributed by atoms with E-state index >= 15 is 0 Å². The molecule has 1 heterocycles. The summed E-state index contributed by atoms with van der Waals surface area (Å²) in [6.07, 6.45) is 4.69. The number of benzene rings is 1. The molecule has 1 saturated carbocycles. The van der Waals surface area contributed by atoms with Crippen molar-refractivity contribution in [3.8, 4) is 5.88 Å². The third-order valence-electron chi connectivity index (χ3n) is 4.48. The average Bonchev–Trinajstić information content (AvgIpc) is 3.07. The van der Waals surface area contributed by atoms with Crippen LogP contribution in [0, 0.1) is 5.82 Å². The van der Waals surface area contributed by atoms with Crippen molar-refractivity contribution in [3.05, 3.63) is 54.0 Å². The Morgan fingerprint density at radius 2 is 1.96 bits per heavy atom. The number of halogens is 1. The van der Waals surface area contributed by atoms with Crippen LogP contribution in [0.2, 0.25) is 0 Å². The maximum atomic E-state index is 14.3. The van der Waals surface area contributed by atoms with Gasteiger partial charge in [0, 0.05) is 11.6 Å². The fourth-order valence-electron chi connectivity index (χ4n) is 3.27. The van der Waals surface area contributed by atoms with Crippen molar-refractivity contribution in [2.75, 3.05) is 12.4 Å². The molecule has 1 N–H and O–H groups in total. The molecule has 1 aromatic carbocycles. The number of amides is 1. The van der Waals surface area contributed by atoms with Gasteiger partial charge in [-0.2, -0.15) is 0 Å². The molecule has 1 fully saturated rings. The molecule has 120 valence electrons. The predicted octanol–water partition coefficient (Wildman–Crippen LogP) is 3.68. The van der Waals surface area contributed by atoms with E-state index in [0.29, 0.717) is 30.0 Å². The molecule has 0 bridgehead atoms. The molecule has 3 rings (SSSR count). The molecular formula is C18H19FN2O2. The zero-order chi connectivity index (χ0) is 16.3. The molecule has 0 spiro atoms. The molecule has 5 heteroatoms. The van der Waals surface area contributed by atoms with E-state index in [9.17, 15) is 9.18 Å². The van der Waals surface area contributed by atoms with Crippen molar-refractivity contribution < 1.29 is 13.9 Å². The van der Waals surface area contributed by atoms with E-state index in [1.165, 1.54) is 13.2 Å². The van der Waals surface area contributed by atoms with Gasteiger partial charge in [-0.15, -0.1) is 0 Å². The minimum Gasteiger partial charge on any atom is -0.481 e. The highest BCUT2D eigenvalue weighted by Crippen LogP contribution is 2.43. The molecular weight excluding hydrogens is 295 g/mol. The van der Waals surface area contributed by atoms with Crippen molar-refractivity contribution >= 4 is 11.6 Å². The van der Waals surface area contributed by atoms with Crippen LogP contribution in [0.25, 0.3) is 0 Å². The van der Waals surface area contributed by atoms with Gasteiger partial charge in [-0.1, -0.05) is 31.0 Å². The molecule has 1 aromatic heterocycles. The molecule has 0 atom stereocenters. The van der Waals surface area contributed by atoms with Gasteiger partial charge >= 0.3 is 0 Å². The van der Waals surface area contributed by atoms with Gasteiger partial charge in [0.25, 0.3) is 0 Å². The lowest BCUT2D eigenvalue weighted by Gasteiger charge is -2.28. The summed E-state index contributed by atoms with van der Waals surface area (Å²) in [5.74, 6) is -0.0165. The maximum Gasteiger partial charge on any atom is 0.235 e. The Hall–Kier alpha value is -2.43. The second kappa shape index (κ2) is 6.36. The first-order valence-electron chi connectivity index (χ1n) is 7.72. The minimum atomic E-state index is -0.800. The number of hydrogen-bond acceptors (Lipinski definition) is 3. The average molecular weight is 314 g/mol. The zero-order valence-corrected chi connectivity index (χ0v) is 13.0. The van der Waals surface area contributed by atoms with Gasteiger partial charge < -0.3 is 10.1 Å². The van der Waals surface area contributed by atoms with Gasteiger partial charge in [-0.05, 0) is 25.0 Å². The smallest absolute Gasteiger partial charge is 0.235 e. The van der Waals surface area contributed by atoms with Crippen LogP contribution in [-0.4, -0.2) is 18.0 Å².